The normalized spacial score (nSPS) is 15.7. The van der Waals surface area contributed by atoms with Crippen LogP contribution in [0.4, 0.5) is 5.82 Å². The lowest BCUT2D eigenvalue weighted by atomic mass is 9.97. The molecular weight excluding hydrogens is 354 g/mol. The van der Waals surface area contributed by atoms with Gasteiger partial charge < -0.3 is 10.3 Å². The van der Waals surface area contributed by atoms with Crippen molar-refractivity contribution in [3.8, 4) is 11.1 Å². The summed E-state index contributed by atoms with van der Waals surface area (Å²) < 4.78 is 0. The van der Waals surface area contributed by atoms with Gasteiger partial charge in [-0.3, -0.25) is 0 Å². The van der Waals surface area contributed by atoms with Crippen LogP contribution in [0.25, 0.3) is 32.9 Å². The number of fused-ring (bicyclic) bond motifs is 3. The van der Waals surface area contributed by atoms with Gasteiger partial charge in [0.15, 0.2) is 0 Å². The molecule has 1 aliphatic rings. The molecule has 140 valence electrons. The molecular formula is C26H21N3. The first-order valence-electron chi connectivity index (χ1n) is 10.2. The Morgan fingerprint density at radius 1 is 0.793 bits per heavy atom. The van der Waals surface area contributed by atoms with Crippen LogP contribution in [0.2, 0.25) is 0 Å². The molecule has 0 saturated carbocycles. The molecule has 29 heavy (non-hydrogen) atoms. The molecule has 1 aliphatic carbocycles. The molecule has 0 amide bonds. The highest BCUT2D eigenvalue weighted by atomic mass is 15.0. The number of pyridine rings is 1. The second-order valence-electron chi connectivity index (χ2n) is 7.75. The predicted octanol–water partition coefficient (Wildman–Crippen LogP) is 6.48. The van der Waals surface area contributed by atoms with E-state index >= 15 is 0 Å². The van der Waals surface area contributed by atoms with Crippen molar-refractivity contribution in [2.24, 2.45) is 0 Å². The molecule has 3 heteroatoms. The van der Waals surface area contributed by atoms with E-state index in [-0.39, 0.29) is 0 Å². The number of benzene rings is 3. The zero-order valence-corrected chi connectivity index (χ0v) is 16.0. The summed E-state index contributed by atoms with van der Waals surface area (Å²) >= 11 is 0. The maximum atomic E-state index is 4.95. The number of H-pyrrole nitrogens is 1. The van der Waals surface area contributed by atoms with Gasteiger partial charge in [-0.15, -0.1) is 0 Å². The highest BCUT2D eigenvalue weighted by Crippen LogP contribution is 2.36. The lowest BCUT2D eigenvalue weighted by Gasteiger charge is -2.16. The molecule has 0 fully saturated rings. The van der Waals surface area contributed by atoms with Crippen molar-refractivity contribution in [3.63, 3.8) is 0 Å². The third-order valence-electron chi connectivity index (χ3n) is 6.07. The molecule has 2 aromatic heterocycles. The van der Waals surface area contributed by atoms with Gasteiger partial charge in [0.2, 0.25) is 0 Å². The minimum Gasteiger partial charge on any atom is -0.363 e. The molecule has 0 aliphatic heterocycles. The second kappa shape index (κ2) is 6.49. The Balaban J connectivity index is 1.40. The molecule has 2 heterocycles. The van der Waals surface area contributed by atoms with Crippen molar-refractivity contribution in [3.05, 3.63) is 96.2 Å². The summed E-state index contributed by atoms with van der Waals surface area (Å²) in [5, 5.41) is 6.08. The molecule has 0 radical (unpaired) electrons. The van der Waals surface area contributed by atoms with E-state index in [9.17, 15) is 0 Å². The molecule has 5 aromatic rings. The number of rotatable bonds is 3. The Morgan fingerprint density at radius 2 is 1.66 bits per heavy atom. The van der Waals surface area contributed by atoms with Crippen LogP contribution in [0, 0.1) is 0 Å². The summed E-state index contributed by atoms with van der Waals surface area (Å²) in [6.45, 7) is 0. The van der Waals surface area contributed by atoms with E-state index in [1.165, 1.54) is 33.0 Å². The van der Waals surface area contributed by atoms with Crippen LogP contribution >= 0.6 is 0 Å². The first-order valence-corrected chi connectivity index (χ1v) is 10.2. The van der Waals surface area contributed by atoms with Crippen LogP contribution in [0.3, 0.4) is 0 Å². The second-order valence-corrected chi connectivity index (χ2v) is 7.75. The minimum absolute atomic E-state index is 0.341. The van der Waals surface area contributed by atoms with E-state index in [0.29, 0.717) is 6.04 Å². The monoisotopic (exact) mass is 375 g/mol. The molecule has 3 aromatic carbocycles. The summed E-state index contributed by atoms with van der Waals surface area (Å²) in [6.07, 6.45) is 4.25. The zero-order valence-electron chi connectivity index (χ0n) is 16.0. The topological polar surface area (TPSA) is 40.7 Å². The largest absolute Gasteiger partial charge is 0.363 e. The van der Waals surface area contributed by atoms with Gasteiger partial charge in [-0.25, -0.2) is 4.98 Å². The lowest BCUT2D eigenvalue weighted by Crippen LogP contribution is -2.08. The molecule has 0 bridgehead atoms. The fourth-order valence-corrected chi connectivity index (χ4v) is 4.68. The molecule has 3 nitrogen and oxygen atoms in total. The number of aromatic amines is 1. The van der Waals surface area contributed by atoms with E-state index in [4.69, 9.17) is 4.98 Å². The summed E-state index contributed by atoms with van der Waals surface area (Å²) in [6, 6.07) is 28.3. The fraction of sp³-hybridized carbons (Fsp3) is 0.115. The highest BCUT2D eigenvalue weighted by molar-refractivity contribution is 6.04. The average molecular weight is 375 g/mol. The predicted molar refractivity (Wildman–Crippen MR) is 120 cm³/mol. The Labute approximate surface area is 169 Å². The lowest BCUT2D eigenvalue weighted by molar-refractivity contribution is 0.758. The maximum Gasteiger partial charge on any atom is 0.127 e. The van der Waals surface area contributed by atoms with Crippen LogP contribution in [0.5, 0.6) is 0 Å². The van der Waals surface area contributed by atoms with Crippen LogP contribution < -0.4 is 5.32 Å². The number of aryl methyl sites for hydroxylation is 1. The number of anilines is 1. The quantitative estimate of drug-likeness (QED) is 0.379. The molecule has 0 unspecified atom stereocenters. The van der Waals surface area contributed by atoms with Gasteiger partial charge in [0, 0.05) is 22.5 Å². The number of hydrogen-bond acceptors (Lipinski definition) is 2. The number of hydrogen-bond donors (Lipinski definition) is 2. The van der Waals surface area contributed by atoms with Crippen LogP contribution in [-0.2, 0) is 6.42 Å². The van der Waals surface area contributed by atoms with Crippen molar-refractivity contribution in [1.29, 1.82) is 0 Å². The SMILES string of the molecule is c1ccc2c(c1)CC[C@H]2Nc1ccc2c(-c3cccc4[nH]ccc34)cccc2n1. The van der Waals surface area contributed by atoms with E-state index in [1.807, 2.05) is 6.20 Å². The van der Waals surface area contributed by atoms with Crippen molar-refractivity contribution in [2.45, 2.75) is 18.9 Å². The van der Waals surface area contributed by atoms with E-state index < -0.39 is 0 Å². The molecule has 0 saturated heterocycles. The fourth-order valence-electron chi connectivity index (χ4n) is 4.68. The molecule has 2 N–H and O–H groups in total. The van der Waals surface area contributed by atoms with Gasteiger partial charge in [0.05, 0.1) is 11.6 Å². The van der Waals surface area contributed by atoms with Crippen molar-refractivity contribution >= 4 is 27.6 Å². The van der Waals surface area contributed by atoms with E-state index in [2.05, 4.69) is 89.2 Å². The van der Waals surface area contributed by atoms with Gasteiger partial charge in [0.1, 0.15) is 5.82 Å². The van der Waals surface area contributed by atoms with Gasteiger partial charge in [-0.05, 0) is 65.4 Å². The number of aromatic nitrogens is 2. The third-order valence-corrected chi connectivity index (χ3v) is 6.07. The van der Waals surface area contributed by atoms with Crippen LogP contribution in [0.1, 0.15) is 23.6 Å². The summed E-state index contributed by atoms with van der Waals surface area (Å²) in [5.74, 6) is 0.941. The minimum atomic E-state index is 0.341. The van der Waals surface area contributed by atoms with E-state index in [1.54, 1.807) is 0 Å². The first-order chi connectivity index (χ1) is 14.4. The first kappa shape index (κ1) is 16.4. The van der Waals surface area contributed by atoms with Crippen LogP contribution in [-0.4, -0.2) is 9.97 Å². The van der Waals surface area contributed by atoms with Gasteiger partial charge in [0.25, 0.3) is 0 Å². The Morgan fingerprint density at radius 3 is 2.62 bits per heavy atom. The summed E-state index contributed by atoms with van der Waals surface area (Å²) in [5.41, 5.74) is 7.49. The summed E-state index contributed by atoms with van der Waals surface area (Å²) in [4.78, 5) is 8.26. The van der Waals surface area contributed by atoms with Crippen molar-refractivity contribution in [1.82, 2.24) is 9.97 Å². The summed E-state index contributed by atoms with van der Waals surface area (Å²) in [7, 11) is 0. The average Bonchev–Trinajstić information content (AvgIpc) is 3.40. The van der Waals surface area contributed by atoms with Gasteiger partial charge >= 0.3 is 0 Å². The van der Waals surface area contributed by atoms with Gasteiger partial charge in [-0.2, -0.15) is 0 Å². The molecule has 0 spiro atoms. The van der Waals surface area contributed by atoms with Crippen LogP contribution in [0.15, 0.2) is 85.1 Å². The van der Waals surface area contributed by atoms with E-state index in [0.717, 1.165) is 29.7 Å². The Kier molecular flexibility index (Phi) is 3.66. The number of nitrogens with zero attached hydrogens (tertiary/aromatic N) is 1. The standard InChI is InChI=1S/C26H21N3/c1-2-6-18-17(5-1)11-13-25(18)29-26-14-12-21-19(8-4-10-24(21)28-26)20-7-3-9-23-22(20)15-16-27-23/h1-10,12,14-16,25,27H,11,13H2,(H,28,29)/t25-/m1/s1. The maximum absolute atomic E-state index is 4.95. The van der Waals surface area contributed by atoms with Gasteiger partial charge in [-0.1, -0.05) is 48.5 Å². The number of nitrogens with one attached hydrogen (secondary N) is 2. The molecule has 6 rings (SSSR count). The third kappa shape index (κ3) is 2.70. The smallest absolute Gasteiger partial charge is 0.127 e. The van der Waals surface area contributed by atoms with Crippen molar-refractivity contribution < 1.29 is 0 Å². The Hall–Kier alpha value is -3.59. The highest BCUT2D eigenvalue weighted by Gasteiger charge is 2.22. The van der Waals surface area contributed by atoms with Crippen molar-refractivity contribution in [2.75, 3.05) is 5.32 Å². The zero-order chi connectivity index (χ0) is 19.2. The molecule has 1 atom stereocenters. The Bertz CT molecular complexity index is 1350.